The van der Waals surface area contributed by atoms with E-state index in [9.17, 15) is 23.1 Å². The van der Waals surface area contributed by atoms with Crippen LogP contribution in [-0.2, 0) is 6.18 Å². The lowest BCUT2D eigenvalue weighted by molar-refractivity contribution is -0.137. The van der Waals surface area contributed by atoms with E-state index in [0.29, 0.717) is 9.79 Å². The number of carbonyl (C=O) groups is 1. The van der Waals surface area contributed by atoms with Gasteiger partial charge < -0.3 is 9.52 Å². The van der Waals surface area contributed by atoms with Crippen LogP contribution in [0.5, 0.6) is 0 Å². The molecule has 0 fully saturated rings. The van der Waals surface area contributed by atoms with Gasteiger partial charge in [0.05, 0.1) is 16.0 Å². The maximum atomic E-state index is 12.6. The lowest BCUT2D eigenvalue weighted by atomic mass is 10.2. The Morgan fingerprint density at radius 3 is 2.58 bits per heavy atom. The number of hydrogen-bond acceptors (Lipinski definition) is 6. The van der Waals surface area contributed by atoms with Crippen LogP contribution in [0.3, 0.4) is 0 Å². The maximum Gasteiger partial charge on any atom is 0.416 e. The second kappa shape index (κ2) is 7.08. The zero-order valence-corrected chi connectivity index (χ0v) is 13.6. The Morgan fingerprint density at radius 2 is 1.96 bits per heavy atom. The highest BCUT2D eigenvalue weighted by molar-refractivity contribution is 7.99. The predicted octanol–water partition coefficient (Wildman–Crippen LogP) is 4.35. The van der Waals surface area contributed by atoms with Gasteiger partial charge in [-0.25, -0.2) is 4.98 Å². The first kappa shape index (κ1) is 17.8. The number of H-pyrrole nitrogens is 1. The number of nitrogens with zero attached hydrogens (tertiary/aromatic N) is 2. The molecule has 2 aromatic heterocycles. The Kier molecular flexibility index (Phi) is 4.85. The minimum atomic E-state index is -4.41. The number of benzene rings is 1. The summed E-state index contributed by atoms with van der Waals surface area (Å²) >= 11 is 1.06. The summed E-state index contributed by atoms with van der Waals surface area (Å²) in [4.78, 5) is 16.9. The van der Waals surface area contributed by atoms with Gasteiger partial charge >= 0.3 is 6.18 Å². The molecule has 0 spiro atoms. The summed E-state index contributed by atoms with van der Waals surface area (Å²) in [5.41, 5.74) is -0.610. The Labute approximate surface area is 148 Å². The van der Waals surface area contributed by atoms with E-state index in [0.717, 1.165) is 30.0 Å². The van der Waals surface area contributed by atoms with Gasteiger partial charge in [0.2, 0.25) is 5.82 Å². The highest BCUT2D eigenvalue weighted by Crippen LogP contribution is 2.35. The third kappa shape index (κ3) is 3.97. The average Bonchev–Trinajstić information content (AvgIpc) is 3.26. The number of hydrogen-bond donors (Lipinski definition) is 2. The van der Waals surface area contributed by atoms with Crippen LogP contribution in [0.1, 0.15) is 21.7 Å². The Morgan fingerprint density at radius 1 is 1.23 bits per heavy atom. The average molecular weight is 381 g/mol. The van der Waals surface area contributed by atoms with Crippen LogP contribution in [-0.4, -0.2) is 26.1 Å². The molecule has 0 radical (unpaired) electrons. The summed E-state index contributed by atoms with van der Waals surface area (Å²) in [6.45, 7) is 0. The highest BCUT2D eigenvalue weighted by atomic mass is 32.2. The molecule has 26 heavy (non-hydrogen) atoms. The van der Waals surface area contributed by atoms with Crippen LogP contribution in [0, 0.1) is 0 Å². The molecule has 134 valence electrons. The number of halogens is 3. The number of carbonyl (C=O) groups excluding carboxylic acids is 1. The molecule has 0 aliphatic heterocycles. The van der Waals surface area contributed by atoms with Gasteiger partial charge in [-0.3, -0.25) is 9.89 Å². The van der Waals surface area contributed by atoms with Crippen molar-refractivity contribution in [2.45, 2.75) is 16.0 Å². The molecule has 3 aromatic rings. The van der Waals surface area contributed by atoms with Crippen molar-refractivity contribution < 1.29 is 27.5 Å². The van der Waals surface area contributed by atoms with Crippen molar-refractivity contribution in [1.82, 2.24) is 15.2 Å². The zero-order chi connectivity index (χ0) is 18.7. The SMILES string of the molecule is O=C(C=C(O)c1nc[nH]n1)c1cocc1Sc1ccc(C(F)(F)F)cc1. The van der Waals surface area contributed by atoms with E-state index in [1.807, 2.05) is 0 Å². The van der Waals surface area contributed by atoms with E-state index in [1.54, 1.807) is 0 Å². The van der Waals surface area contributed by atoms with Crippen molar-refractivity contribution in [3.63, 3.8) is 0 Å². The molecule has 0 atom stereocenters. The molecule has 6 nitrogen and oxygen atoms in total. The summed E-state index contributed by atoms with van der Waals surface area (Å²) in [6, 6.07) is 4.52. The minimum Gasteiger partial charge on any atom is -0.504 e. The highest BCUT2D eigenvalue weighted by Gasteiger charge is 2.30. The monoisotopic (exact) mass is 381 g/mol. The Hall–Kier alpha value is -3.01. The van der Waals surface area contributed by atoms with Crippen molar-refractivity contribution in [2.75, 3.05) is 0 Å². The fraction of sp³-hybridized carbons (Fsp3) is 0.0625. The molecule has 0 unspecified atom stereocenters. The Bertz CT molecular complexity index is 932. The van der Waals surface area contributed by atoms with Gasteiger partial charge in [0.15, 0.2) is 11.5 Å². The van der Waals surface area contributed by atoms with Gasteiger partial charge in [0.1, 0.15) is 18.9 Å². The lowest BCUT2D eigenvalue weighted by Gasteiger charge is -2.07. The fourth-order valence-corrected chi connectivity index (χ4v) is 2.87. The summed E-state index contributed by atoms with van der Waals surface area (Å²) in [7, 11) is 0. The van der Waals surface area contributed by atoms with Gasteiger partial charge in [-0.2, -0.15) is 18.3 Å². The van der Waals surface area contributed by atoms with Gasteiger partial charge in [-0.05, 0) is 24.3 Å². The number of nitrogens with one attached hydrogen (secondary N) is 1. The van der Waals surface area contributed by atoms with E-state index in [1.165, 1.54) is 31.0 Å². The van der Waals surface area contributed by atoms with Gasteiger partial charge in [0, 0.05) is 11.0 Å². The van der Waals surface area contributed by atoms with E-state index < -0.39 is 23.3 Å². The first-order chi connectivity index (χ1) is 12.3. The first-order valence-corrected chi connectivity index (χ1v) is 7.88. The minimum absolute atomic E-state index is 0.0428. The molecule has 0 bridgehead atoms. The van der Waals surface area contributed by atoms with Crippen LogP contribution in [0.15, 0.2) is 63.4 Å². The van der Waals surface area contributed by atoms with Crippen LogP contribution < -0.4 is 0 Å². The first-order valence-electron chi connectivity index (χ1n) is 7.07. The van der Waals surface area contributed by atoms with Gasteiger partial charge in [-0.1, -0.05) is 11.8 Å². The van der Waals surface area contributed by atoms with Crippen molar-refractivity contribution in [3.8, 4) is 0 Å². The van der Waals surface area contributed by atoms with E-state index >= 15 is 0 Å². The number of aromatic nitrogens is 3. The van der Waals surface area contributed by atoms with Gasteiger partial charge in [0.25, 0.3) is 0 Å². The summed E-state index contributed by atoms with van der Waals surface area (Å²) in [5.74, 6) is -1.03. The van der Waals surface area contributed by atoms with Crippen molar-refractivity contribution in [3.05, 3.63) is 66.1 Å². The van der Waals surface area contributed by atoms with Crippen LogP contribution in [0.4, 0.5) is 13.2 Å². The molecule has 0 saturated heterocycles. The number of rotatable bonds is 5. The third-order valence-corrected chi connectivity index (χ3v) is 4.26. The van der Waals surface area contributed by atoms with Crippen molar-refractivity contribution >= 4 is 23.3 Å². The number of aliphatic hydroxyl groups excluding tert-OH is 1. The Balaban J connectivity index is 1.78. The number of allylic oxidation sites excluding steroid dienone is 1. The van der Waals surface area contributed by atoms with Gasteiger partial charge in [-0.15, -0.1) is 0 Å². The summed E-state index contributed by atoms with van der Waals surface area (Å²) < 4.78 is 42.8. The second-order valence-corrected chi connectivity index (χ2v) is 6.11. The van der Waals surface area contributed by atoms with E-state index in [-0.39, 0.29) is 11.4 Å². The van der Waals surface area contributed by atoms with Crippen molar-refractivity contribution in [2.24, 2.45) is 0 Å². The van der Waals surface area contributed by atoms with Crippen LogP contribution >= 0.6 is 11.8 Å². The molecule has 2 heterocycles. The molecule has 0 aliphatic carbocycles. The normalized spacial score (nSPS) is 12.3. The largest absolute Gasteiger partial charge is 0.504 e. The molecule has 0 amide bonds. The molecular weight excluding hydrogens is 371 g/mol. The maximum absolute atomic E-state index is 12.6. The number of furan rings is 1. The van der Waals surface area contributed by atoms with E-state index in [2.05, 4.69) is 15.2 Å². The predicted molar refractivity (Wildman–Crippen MR) is 85.6 cm³/mol. The van der Waals surface area contributed by atoms with Crippen molar-refractivity contribution in [1.29, 1.82) is 0 Å². The molecular formula is C16H10F3N3O3S. The molecule has 0 saturated carbocycles. The lowest BCUT2D eigenvalue weighted by Crippen LogP contribution is -2.03. The number of aromatic amines is 1. The zero-order valence-electron chi connectivity index (χ0n) is 12.8. The number of ketones is 1. The summed E-state index contributed by atoms with van der Waals surface area (Å²) in [6.07, 6.45) is 0.255. The quantitative estimate of drug-likeness (QED) is 0.388. The number of alkyl halides is 3. The topological polar surface area (TPSA) is 92.0 Å². The molecule has 3 rings (SSSR count). The van der Waals surface area contributed by atoms with E-state index in [4.69, 9.17) is 4.42 Å². The molecule has 1 aromatic carbocycles. The molecule has 0 aliphatic rings. The standard InChI is InChI=1S/C16H10F3N3O3S/c17-16(18,19)9-1-3-10(4-2-9)26-14-7-25-6-11(14)12(23)5-13(24)15-20-8-21-22-15/h1-8,24H,(H,20,21,22). The van der Waals surface area contributed by atoms with Crippen LogP contribution in [0.25, 0.3) is 5.76 Å². The summed E-state index contributed by atoms with van der Waals surface area (Å²) in [5, 5.41) is 15.9. The fourth-order valence-electron chi connectivity index (χ4n) is 1.98. The van der Waals surface area contributed by atoms with Crippen LogP contribution in [0.2, 0.25) is 0 Å². The number of aliphatic hydroxyl groups is 1. The smallest absolute Gasteiger partial charge is 0.416 e. The molecule has 2 N–H and O–H groups in total. The third-order valence-electron chi connectivity index (χ3n) is 3.21. The second-order valence-electron chi connectivity index (χ2n) is 4.99. The molecule has 10 heteroatoms.